The van der Waals surface area contributed by atoms with Crippen LogP contribution >= 0.6 is 27.5 Å². The van der Waals surface area contributed by atoms with Crippen LogP contribution in [0.25, 0.3) is 0 Å². The number of hydrogen-bond donors (Lipinski definition) is 1. The van der Waals surface area contributed by atoms with E-state index in [2.05, 4.69) is 21.2 Å². The van der Waals surface area contributed by atoms with Crippen LogP contribution < -0.4 is 10.1 Å². The summed E-state index contributed by atoms with van der Waals surface area (Å²) >= 11 is 9.14. The molecule has 1 N–H and O–H groups in total. The Labute approximate surface area is 143 Å². The molecular weight excluding hydrogens is 395 g/mol. The van der Waals surface area contributed by atoms with E-state index in [0.29, 0.717) is 9.50 Å². The van der Waals surface area contributed by atoms with Crippen molar-refractivity contribution in [3.8, 4) is 5.75 Å². The zero-order chi connectivity index (χ0) is 17.0. The fourth-order valence-corrected chi connectivity index (χ4v) is 2.15. The van der Waals surface area contributed by atoms with E-state index >= 15 is 0 Å². The number of non-ortho nitro benzene ring substituents is 1. The van der Waals surface area contributed by atoms with Gasteiger partial charge in [-0.15, -0.1) is 0 Å². The summed E-state index contributed by atoms with van der Waals surface area (Å²) in [4.78, 5) is 21.8. The van der Waals surface area contributed by atoms with Crippen LogP contribution in [0.15, 0.2) is 40.9 Å². The van der Waals surface area contributed by atoms with Crippen LogP contribution in [0.5, 0.6) is 5.75 Å². The van der Waals surface area contributed by atoms with Crippen molar-refractivity contribution in [1.82, 2.24) is 0 Å². The number of anilines is 1. The molecular formula is C14H9BrClFN2O4. The summed E-state index contributed by atoms with van der Waals surface area (Å²) in [5.74, 6) is -1.19. The van der Waals surface area contributed by atoms with Gasteiger partial charge in [-0.3, -0.25) is 14.9 Å². The maximum Gasteiger partial charge on any atom is 0.271 e. The van der Waals surface area contributed by atoms with E-state index in [1.807, 2.05) is 0 Å². The zero-order valence-corrected chi connectivity index (χ0v) is 13.7. The van der Waals surface area contributed by atoms with E-state index < -0.39 is 23.3 Å². The molecule has 0 bridgehead atoms. The molecule has 2 aromatic rings. The van der Waals surface area contributed by atoms with Crippen LogP contribution in [0.3, 0.4) is 0 Å². The van der Waals surface area contributed by atoms with Gasteiger partial charge in [-0.1, -0.05) is 27.5 Å². The van der Waals surface area contributed by atoms with Gasteiger partial charge >= 0.3 is 0 Å². The number of hydrogen-bond acceptors (Lipinski definition) is 4. The second-order valence-corrected chi connectivity index (χ2v) is 5.66. The number of halogens is 3. The van der Waals surface area contributed by atoms with Gasteiger partial charge in [-0.05, 0) is 24.3 Å². The Morgan fingerprint density at radius 1 is 1.35 bits per heavy atom. The van der Waals surface area contributed by atoms with Gasteiger partial charge in [0.15, 0.2) is 6.61 Å². The Bertz CT molecular complexity index is 772. The summed E-state index contributed by atoms with van der Waals surface area (Å²) < 4.78 is 19.5. The van der Waals surface area contributed by atoms with E-state index in [-0.39, 0.29) is 17.1 Å². The molecule has 2 aromatic carbocycles. The predicted octanol–water partition coefficient (Wildman–Crippen LogP) is 4.17. The largest absolute Gasteiger partial charge is 0.482 e. The molecule has 0 aromatic heterocycles. The number of carbonyl (C=O) groups excluding carboxylic acids is 1. The Morgan fingerprint density at radius 2 is 2.09 bits per heavy atom. The molecule has 0 aliphatic heterocycles. The van der Waals surface area contributed by atoms with Gasteiger partial charge in [0, 0.05) is 16.6 Å². The molecule has 23 heavy (non-hydrogen) atoms. The summed E-state index contributed by atoms with van der Waals surface area (Å²) in [6.45, 7) is -0.432. The minimum absolute atomic E-state index is 0.274. The number of nitro groups is 1. The summed E-state index contributed by atoms with van der Waals surface area (Å²) in [5, 5.41) is 13.2. The minimum atomic E-state index is -0.788. The topological polar surface area (TPSA) is 81.5 Å². The molecule has 2 rings (SSSR count). The number of benzene rings is 2. The maximum absolute atomic E-state index is 13.6. The number of rotatable bonds is 5. The summed E-state index contributed by atoms with van der Waals surface area (Å²) in [6, 6.07) is 7.69. The first-order valence-corrected chi connectivity index (χ1v) is 7.35. The average molecular weight is 404 g/mol. The van der Waals surface area contributed by atoms with Gasteiger partial charge in [0.1, 0.15) is 11.6 Å². The number of carbonyl (C=O) groups is 1. The number of amides is 1. The van der Waals surface area contributed by atoms with Crippen molar-refractivity contribution in [2.45, 2.75) is 0 Å². The van der Waals surface area contributed by atoms with Crippen LogP contribution in [-0.4, -0.2) is 17.4 Å². The van der Waals surface area contributed by atoms with E-state index in [4.69, 9.17) is 16.3 Å². The predicted molar refractivity (Wildman–Crippen MR) is 86.3 cm³/mol. The lowest BCUT2D eigenvalue weighted by molar-refractivity contribution is -0.384. The van der Waals surface area contributed by atoms with Crippen LogP contribution in [-0.2, 0) is 4.79 Å². The van der Waals surface area contributed by atoms with Gasteiger partial charge in [0.05, 0.1) is 15.6 Å². The van der Waals surface area contributed by atoms with Gasteiger partial charge in [-0.25, -0.2) is 4.39 Å². The standard InChI is InChI=1S/C14H9BrClFN2O4/c15-8-1-3-10(16)13(5-8)23-7-14(20)18-12-6-9(19(21)22)2-4-11(12)17/h1-6H,7H2,(H,18,20). The van der Waals surface area contributed by atoms with Crippen molar-refractivity contribution in [2.75, 3.05) is 11.9 Å². The maximum atomic E-state index is 13.6. The smallest absolute Gasteiger partial charge is 0.271 e. The SMILES string of the molecule is O=C(COc1cc(Br)ccc1Cl)Nc1cc([N+](=O)[O-])ccc1F. The molecule has 0 heterocycles. The molecule has 0 aliphatic rings. The van der Waals surface area contributed by atoms with Crippen LogP contribution in [0, 0.1) is 15.9 Å². The first-order chi connectivity index (χ1) is 10.9. The van der Waals surface area contributed by atoms with Crippen LogP contribution in [0.4, 0.5) is 15.8 Å². The van der Waals surface area contributed by atoms with E-state index in [1.165, 1.54) is 0 Å². The lowest BCUT2D eigenvalue weighted by Crippen LogP contribution is -2.21. The molecule has 0 spiro atoms. The van der Waals surface area contributed by atoms with Crippen LogP contribution in [0.1, 0.15) is 0 Å². The molecule has 0 fully saturated rings. The molecule has 0 saturated carbocycles. The molecule has 6 nitrogen and oxygen atoms in total. The summed E-state index contributed by atoms with van der Waals surface area (Å²) in [5.41, 5.74) is -0.634. The van der Waals surface area contributed by atoms with Gasteiger partial charge in [0.25, 0.3) is 11.6 Å². The third-order valence-electron chi connectivity index (χ3n) is 2.69. The third kappa shape index (κ3) is 4.64. The molecule has 9 heteroatoms. The highest BCUT2D eigenvalue weighted by Crippen LogP contribution is 2.28. The highest BCUT2D eigenvalue weighted by molar-refractivity contribution is 9.10. The summed E-state index contributed by atoms with van der Waals surface area (Å²) in [6.07, 6.45) is 0. The van der Waals surface area contributed by atoms with E-state index in [0.717, 1.165) is 18.2 Å². The van der Waals surface area contributed by atoms with Gasteiger partial charge < -0.3 is 10.1 Å². The van der Waals surface area contributed by atoms with Crippen molar-refractivity contribution in [1.29, 1.82) is 0 Å². The van der Waals surface area contributed by atoms with Crippen molar-refractivity contribution in [3.05, 3.63) is 61.8 Å². The molecule has 0 aliphatic carbocycles. The van der Waals surface area contributed by atoms with Crippen molar-refractivity contribution >= 4 is 44.8 Å². The number of nitro benzene ring substituents is 1. The Kier molecular flexibility index (Phi) is 5.51. The third-order valence-corrected chi connectivity index (χ3v) is 3.49. The first-order valence-electron chi connectivity index (χ1n) is 6.18. The molecule has 0 unspecified atom stereocenters. The van der Waals surface area contributed by atoms with Gasteiger partial charge in [0.2, 0.25) is 0 Å². The zero-order valence-electron chi connectivity index (χ0n) is 11.4. The highest BCUT2D eigenvalue weighted by Gasteiger charge is 2.14. The second kappa shape index (κ2) is 7.38. The normalized spacial score (nSPS) is 10.2. The molecule has 0 atom stereocenters. The Balaban J connectivity index is 2.04. The lowest BCUT2D eigenvalue weighted by Gasteiger charge is -2.09. The van der Waals surface area contributed by atoms with Crippen molar-refractivity contribution in [3.63, 3.8) is 0 Å². The number of ether oxygens (including phenoxy) is 1. The monoisotopic (exact) mass is 402 g/mol. The Morgan fingerprint density at radius 3 is 2.78 bits per heavy atom. The Hall–Kier alpha value is -2.19. The summed E-state index contributed by atoms with van der Waals surface area (Å²) in [7, 11) is 0. The lowest BCUT2D eigenvalue weighted by atomic mass is 10.2. The number of nitrogens with zero attached hydrogens (tertiary/aromatic N) is 1. The fraction of sp³-hybridized carbons (Fsp3) is 0.0714. The first kappa shape index (κ1) is 17.2. The molecule has 120 valence electrons. The van der Waals surface area contributed by atoms with Gasteiger partial charge in [-0.2, -0.15) is 0 Å². The molecule has 0 saturated heterocycles. The highest BCUT2D eigenvalue weighted by atomic mass is 79.9. The van der Waals surface area contributed by atoms with Crippen molar-refractivity contribution in [2.24, 2.45) is 0 Å². The number of nitrogens with one attached hydrogen (secondary N) is 1. The van der Waals surface area contributed by atoms with E-state index in [9.17, 15) is 19.3 Å². The quantitative estimate of drug-likeness (QED) is 0.600. The second-order valence-electron chi connectivity index (χ2n) is 4.33. The molecule has 1 amide bonds. The average Bonchev–Trinajstić information content (AvgIpc) is 2.50. The minimum Gasteiger partial charge on any atom is -0.482 e. The van der Waals surface area contributed by atoms with Crippen molar-refractivity contribution < 1.29 is 18.8 Å². The molecule has 0 radical (unpaired) electrons. The van der Waals surface area contributed by atoms with E-state index in [1.54, 1.807) is 18.2 Å². The van der Waals surface area contributed by atoms with Crippen LogP contribution in [0.2, 0.25) is 5.02 Å². The fourth-order valence-electron chi connectivity index (χ4n) is 1.64.